The highest BCUT2D eigenvalue weighted by atomic mass is 32.1. The molecule has 3 heterocycles. The van der Waals surface area contributed by atoms with Gasteiger partial charge in [0.1, 0.15) is 5.01 Å². The highest BCUT2D eigenvalue weighted by Gasteiger charge is 2.10. The van der Waals surface area contributed by atoms with Gasteiger partial charge >= 0.3 is 5.97 Å². The Kier molecular flexibility index (Phi) is 3.58. The van der Waals surface area contributed by atoms with E-state index in [9.17, 15) is 4.79 Å². The molecule has 0 radical (unpaired) electrons. The van der Waals surface area contributed by atoms with E-state index in [0.717, 1.165) is 26.0 Å². The molecule has 3 aromatic heterocycles. The van der Waals surface area contributed by atoms with Gasteiger partial charge in [0.25, 0.3) is 0 Å². The van der Waals surface area contributed by atoms with Gasteiger partial charge in [0, 0.05) is 28.2 Å². The first kappa shape index (κ1) is 13.0. The Labute approximate surface area is 123 Å². The van der Waals surface area contributed by atoms with Crippen molar-refractivity contribution < 1.29 is 9.90 Å². The average Bonchev–Trinajstić information content (AvgIpc) is 3.07. The predicted octanol–water partition coefficient (Wildman–Crippen LogP) is 3.56. The van der Waals surface area contributed by atoms with Crippen LogP contribution < -0.4 is 0 Å². The van der Waals surface area contributed by atoms with Crippen molar-refractivity contribution >= 4 is 28.6 Å². The summed E-state index contributed by atoms with van der Waals surface area (Å²) >= 11 is 3.03. The number of aromatic nitrogens is 2. The highest BCUT2D eigenvalue weighted by molar-refractivity contribution is 7.16. The fourth-order valence-electron chi connectivity index (χ4n) is 1.77. The van der Waals surface area contributed by atoms with Crippen molar-refractivity contribution in [1.29, 1.82) is 0 Å². The minimum atomic E-state index is -0.812. The van der Waals surface area contributed by atoms with Gasteiger partial charge < -0.3 is 5.11 Å². The Morgan fingerprint density at radius 1 is 1.30 bits per heavy atom. The number of hydrogen-bond acceptors (Lipinski definition) is 5. The summed E-state index contributed by atoms with van der Waals surface area (Å²) < 4.78 is 0. The second-order valence-electron chi connectivity index (χ2n) is 4.12. The van der Waals surface area contributed by atoms with Gasteiger partial charge in [-0.1, -0.05) is 0 Å². The molecule has 0 aliphatic rings. The van der Waals surface area contributed by atoms with E-state index in [1.54, 1.807) is 23.7 Å². The molecule has 1 N–H and O–H groups in total. The number of thiazole rings is 1. The Bertz CT molecular complexity index is 734. The second kappa shape index (κ2) is 5.52. The lowest BCUT2D eigenvalue weighted by Crippen LogP contribution is -1.96. The predicted molar refractivity (Wildman–Crippen MR) is 80.0 cm³/mol. The summed E-state index contributed by atoms with van der Waals surface area (Å²) in [7, 11) is 0. The summed E-state index contributed by atoms with van der Waals surface area (Å²) in [6.45, 7) is 0. The van der Waals surface area contributed by atoms with Gasteiger partial charge in [0.05, 0.1) is 17.0 Å². The first-order valence-electron chi connectivity index (χ1n) is 5.89. The van der Waals surface area contributed by atoms with Gasteiger partial charge in [0.2, 0.25) is 0 Å². The third-order valence-electron chi connectivity index (χ3n) is 2.65. The SMILES string of the molecule is O=C(O)Cc1ccc(-c2csc(-c3cccnc3)n2)s1. The van der Waals surface area contributed by atoms with Crippen LogP contribution in [-0.4, -0.2) is 21.0 Å². The third kappa shape index (κ3) is 2.76. The van der Waals surface area contributed by atoms with E-state index in [2.05, 4.69) is 9.97 Å². The van der Waals surface area contributed by atoms with Crippen molar-refractivity contribution in [2.24, 2.45) is 0 Å². The van der Waals surface area contributed by atoms with E-state index in [-0.39, 0.29) is 6.42 Å². The van der Waals surface area contributed by atoms with Crippen LogP contribution in [0.5, 0.6) is 0 Å². The number of hydrogen-bond donors (Lipinski definition) is 1. The number of thiophene rings is 1. The third-order valence-corrected chi connectivity index (χ3v) is 4.65. The molecular weight excluding hydrogens is 292 g/mol. The van der Waals surface area contributed by atoms with Gasteiger partial charge in [-0.05, 0) is 24.3 Å². The van der Waals surface area contributed by atoms with Crippen LogP contribution in [0.2, 0.25) is 0 Å². The standard InChI is InChI=1S/C14H10N2O2S2/c17-13(18)6-10-3-4-12(20-10)11-8-19-14(16-11)9-2-1-5-15-7-9/h1-5,7-8H,6H2,(H,17,18). The zero-order valence-electron chi connectivity index (χ0n) is 10.3. The molecular formula is C14H10N2O2S2. The van der Waals surface area contributed by atoms with Crippen molar-refractivity contribution in [3.8, 4) is 21.1 Å². The van der Waals surface area contributed by atoms with E-state index >= 15 is 0 Å². The number of aliphatic carboxylic acids is 1. The molecule has 0 aromatic carbocycles. The summed E-state index contributed by atoms with van der Waals surface area (Å²) in [6.07, 6.45) is 3.58. The maximum Gasteiger partial charge on any atom is 0.308 e. The molecule has 0 aliphatic carbocycles. The van der Waals surface area contributed by atoms with Gasteiger partial charge in [-0.2, -0.15) is 0 Å². The van der Waals surface area contributed by atoms with Crippen molar-refractivity contribution in [2.45, 2.75) is 6.42 Å². The van der Waals surface area contributed by atoms with Crippen LogP contribution in [0.25, 0.3) is 21.1 Å². The molecule has 20 heavy (non-hydrogen) atoms. The summed E-state index contributed by atoms with van der Waals surface area (Å²) in [5, 5.41) is 11.7. The summed E-state index contributed by atoms with van der Waals surface area (Å²) in [5.74, 6) is -0.812. The lowest BCUT2D eigenvalue weighted by molar-refractivity contribution is -0.136. The Hall–Kier alpha value is -2.05. The Balaban J connectivity index is 1.87. The van der Waals surface area contributed by atoms with Crippen molar-refractivity contribution in [2.75, 3.05) is 0 Å². The molecule has 0 aliphatic heterocycles. The molecule has 3 rings (SSSR count). The topological polar surface area (TPSA) is 63.1 Å². The molecule has 0 spiro atoms. The van der Waals surface area contributed by atoms with Crippen LogP contribution in [0.1, 0.15) is 4.88 Å². The number of nitrogens with zero attached hydrogens (tertiary/aromatic N) is 2. The smallest absolute Gasteiger partial charge is 0.308 e. The minimum absolute atomic E-state index is 0.0598. The van der Waals surface area contributed by atoms with Gasteiger partial charge in [-0.15, -0.1) is 22.7 Å². The monoisotopic (exact) mass is 302 g/mol. The number of pyridine rings is 1. The van der Waals surface area contributed by atoms with Crippen molar-refractivity contribution in [3.05, 3.63) is 46.9 Å². The summed E-state index contributed by atoms with van der Waals surface area (Å²) in [4.78, 5) is 21.2. The van der Waals surface area contributed by atoms with Crippen LogP contribution in [0.15, 0.2) is 42.0 Å². The Morgan fingerprint density at radius 3 is 2.95 bits per heavy atom. The Morgan fingerprint density at radius 2 is 2.20 bits per heavy atom. The van der Waals surface area contributed by atoms with Crippen molar-refractivity contribution in [1.82, 2.24) is 9.97 Å². The van der Waals surface area contributed by atoms with E-state index in [0.29, 0.717) is 0 Å². The quantitative estimate of drug-likeness (QED) is 0.800. The van der Waals surface area contributed by atoms with Crippen LogP contribution in [0, 0.1) is 0 Å². The first-order valence-corrected chi connectivity index (χ1v) is 7.59. The highest BCUT2D eigenvalue weighted by Crippen LogP contribution is 2.32. The lowest BCUT2D eigenvalue weighted by Gasteiger charge is -1.93. The number of carbonyl (C=O) groups is 1. The molecule has 0 saturated heterocycles. The van der Waals surface area contributed by atoms with E-state index in [1.807, 2.05) is 29.6 Å². The normalized spacial score (nSPS) is 10.6. The molecule has 0 unspecified atom stereocenters. The second-order valence-corrected chi connectivity index (χ2v) is 6.14. The van der Waals surface area contributed by atoms with Gasteiger partial charge in [-0.25, -0.2) is 4.98 Å². The number of carboxylic acid groups (broad SMARTS) is 1. The van der Waals surface area contributed by atoms with E-state index in [1.165, 1.54) is 11.3 Å². The fraction of sp³-hybridized carbons (Fsp3) is 0.0714. The fourth-order valence-corrected chi connectivity index (χ4v) is 3.61. The molecule has 0 bridgehead atoms. The maximum absolute atomic E-state index is 10.7. The minimum Gasteiger partial charge on any atom is -0.481 e. The van der Waals surface area contributed by atoms with E-state index in [4.69, 9.17) is 5.11 Å². The summed E-state index contributed by atoms with van der Waals surface area (Å²) in [6, 6.07) is 7.62. The molecule has 4 nitrogen and oxygen atoms in total. The molecule has 0 saturated carbocycles. The molecule has 0 atom stereocenters. The number of carboxylic acids is 1. The molecule has 100 valence electrons. The zero-order chi connectivity index (χ0) is 13.9. The molecule has 0 fully saturated rings. The number of rotatable bonds is 4. The molecule has 3 aromatic rings. The zero-order valence-corrected chi connectivity index (χ0v) is 11.9. The van der Waals surface area contributed by atoms with Gasteiger partial charge in [-0.3, -0.25) is 9.78 Å². The van der Waals surface area contributed by atoms with Gasteiger partial charge in [0.15, 0.2) is 0 Å². The van der Waals surface area contributed by atoms with E-state index < -0.39 is 5.97 Å². The lowest BCUT2D eigenvalue weighted by atomic mass is 10.3. The van der Waals surface area contributed by atoms with Crippen LogP contribution in [-0.2, 0) is 11.2 Å². The molecule has 6 heteroatoms. The van der Waals surface area contributed by atoms with Crippen molar-refractivity contribution in [3.63, 3.8) is 0 Å². The largest absolute Gasteiger partial charge is 0.481 e. The first-order chi connectivity index (χ1) is 9.72. The van der Waals surface area contributed by atoms with Crippen LogP contribution >= 0.6 is 22.7 Å². The maximum atomic E-state index is 10.7. The summed E-state index contributed by atoms with van der Waals surface area (Å²) in [5.41, 5.74) is 1.88. The molecule has 0 amide bonds. The van der Waals surface area contributed by atoms with Crippen LogP contribution in [0.3, 0.4) is 0 Å². The van der Waals surface area contributed by atoms with Crippen LogP contribution in [0.4, 0.5) is 0 Å². The average molecular weight is 302 g/mol.